The fourth-order valence-electron chi connectivity index (χ4n) is 4.36. The van der Waals surface area contributed by atoms with Crippen molar-refractivity contribution in [2.24, 2.45) is 5.73 Å². The minimum absolute atomic E-state index is 0.0602. The molecule has 1 saturated heterocycles. The number of amides is 3. The van der Waals surface area contributed by atoms with Crippen LogP contribution in [0.3, 0.4) is 0 Å². The van der Waals surface area contributed by atoms with Crippen LogP contribution in [0, 0.1) is 0 Å². The van der Waals surface area contributed by atoms with E-state index in [9.17, 15) is 14.4 Å². The zero-order valence-corrected chi connectivity index (χ0v) is 18.6. The van der Waals surface area contributed by atoms with Crippen LogP contribution in [-0.4, -0.2) is 47.7 Å². The van der Waals surface area contributed by atoms with Gasteiger partial charge in [0.05, 0.1) is 18.3 Å². The molecule has 3 amide bonds. The van der Waals surface area contributed by atoms with Gasteiger partial charge >= 0.3 is 0 Å². The van der Waals surface area contributed by atoms with Gasteiger partial charge in [0.2, 0.25) is 5.91 Å². The van der Waals surface area contributed by atoms with Gasteiger partial charge in [0.25, 0.3) is 11.8 Å². The van der Waals surface area contributed by atoms with E-state index in [-0.39, 0.29) is 47.3 Å². The van der Waals surface area contributed by atoms with Crippen LogP contribution >= 0.6 is 0 Å². The molecule has 1 aromatic heterocycles. The van der Waals surface area contributed by atoms with E-state index < -0.39 is 36.0 Å². The normalized spacial score (nSPS) is 17.6. The molecular weight excluding hydrogens is 434 g/mol. The van der Waals surface area contributed by atoms with E-state index in [0.717, 1.165) is 23.2 Å². The zero-order chi connectivity index (χ0) is 27.3. The molecule has 2 aliphatic heterocycles. The molecule has 0 unspecified atom stereocenters. The van der Waals surface area contributed by atoms with E-state index in [1.165, 1.54) is 12.0 Å². The fraction of sp³-hybridized carbons (Fsp3) is 0.280. The summed E-state index contributed by atoms with van der Waals surface area (Å²) in [4.78, 5) is 41.5. The van der Waals surface area contributed by atoms with Crippen molar-refractivity contribution in [2.75, 3.05) is 30.0 Å². The van der Waals surface area contributed by atoms with Crippen LogP contribution in [0.5, 0.6) is 5.75 Å². The van der Waals surface area contributed by atoms with Gasteiger partial charge in [-0.15, -0.1) is 0 Å². The average Bonchev–Trinajstić information content (AvgIpc) is 3.29. The number of methoxy groups -OCH3 is 1. The summed E-state index contributed by atoms with van der Waals surface area (Å²) in [6.07, 6.45) is 2.53. The summed E-state index contributed by atoms with van der Waals surface area (Å²) in [5.74, 6) is -1.61. The number of ether oxygens (including phenoxy) is 1. The molecule has 3 aromatic rings. The molecule has 9 heteroatoms. The molecular formula is C25H25N5O4. The number of carbonyl (C=O) groups excluding carboxylic acids is 3. The van der Waals surface area contributed by atoms with E-state index in [1.54, 1.807) is 29.2 Å². The molecule has 0 saturated carbocycles. The number of nitrogens with two attached hydrogens (primary N) is 1. The van der Waals surface area contributed by atoms with Crippen LogP contribution in [0.15, 0.2) is 48.4 Å². The fourth-order valence-corrected chi connectivity index (χ4v) is 4.36. The van der Waals surface area contributed by atoms with Gasteiger partial charge in [-0.2, -0.15) is 5.10 Å². The second-order valence-electron chi connectivity index (χ2n) is 8.06. The molecule has 34 heavy (non-hydrogen) atoms. The first kappa shape index (κ1) is 17.4. The summed E-state index contributed by atoms with van der Waals surface area (Å²) in [5, 5.41) is 4.19. The number of fused-ring (bicyclic) bond motifs is 1. The topological polar surface area (TPSA) is 111 Å². The number of hydrogen-bond donors (Lipinski definition) is 1. The summed E-state index contributed by atoms with van der Waals surface area (Å²) >= 11 is 0. The lowest BCUT2D eigenvalue weighted by atomic mass is 10.0. The summed E-state index contributed by atoms with van der Waals surface area (Å²) in [6, 6.07) is 5.17. The highest BCUT2D eigenvalue weighted by atomic mass is 16.5. The molecule has 174 valence electrons. The van der Waals surface area contributed by atoms with Gasteiger partial charge in [-0.1, -0.05) is 0 Å². The summed E-state index contributed by atoms with van der Waals surface area (Å²) < 4.78 is 39.4. The highest BCUT2D eigenvalue weighted by Crippen LogP contribution is 2.31. The SMILES string of the molecule is [2H]c1c([2H])c(-n2nc(C(N)=O)c3c2C(=O)N(c2ccc(N4CCCCC4=O)cc2)CC3)c([2H])c([2H])c1OC. The van der Waals surface area contributed by atoms with Crippen LogP contribution in [0.25, 0.3) is 5.69 Å². The minimum Gasteiger partial charge on any atom is -0.497 e. The van der Waals surface area contributed by atoms with Gasteiger partial charge in [-0.3, -0.25) is 14.4 Å². The number of carbonyl (C=O) groups is 3. The number of piperidine rings is 1. The molecule has 3 heterocycles. The Hall–Kier alpha value is -4.14. The van der Waals surface area contributed by atoms with Crippen LogP contribution in [0.2, 0.25) is 0 Å². The Morgan fingerprint density at radius 3 is 2.26 bits per heavy atom. The lowest BCUT2D eigenvalue weighted by Gasteiger charge is -2.29. The van der Waals surface area contributed by atoms with Gasteiger partial charge in [0.1, 0.15) is 11.4 Å². The Bertz CT molecular complexity index is 1460. The first-order valence-corrected chi connectivity index (χ1v) is 10.9. The Morgan fingerprint density at radius 1 is 0.971 bits per heavy atom. The number of rotatable bonds is 5. The number of benzene rings is 2. The molecule has 0 spiro atoms. The quantitative estimate of drug-likeness (QED) is 0.625. The Labute approximate surface area is 202 Å². The Kier molecular flexibility index (Phi) is 4.42. The van der Waals surface area contributed by atoms with Gasteiger partial charge in [0, 0.05) is 36.4 Å². The molecule has 1 fully saturated rings. The second-order valence-corrected chi connectivity index (χ2v) is 8.06. The van der Waals surface area contributed by atoms with Crippen LogP contribution < -0.4 is 20.3 Å². The number of hydrogen-bond acceptors (Lipinski definition) is 5. The van der Waals surface area contributed by atoms with Gasteiger partial charge in [0.15, 0.2) is 5.69 Å². The highest BCUT2D eigenvalue weighted by molar-refractivity contribution is 6.09. The third-order valence-electron chi connectivity index (χ3n) is 6.05. The maximum atomic E-state index is 13.8. The monoisotopic (exact) mass is 463 g/mol. The van der Waals surface area contributed by atoms with E-state index >= 15 is 0 Å². The lowest BCUT2D eigenvalue weighted by molar-refractivity contribution is -0.119. The number of primary amides is 1. The standard InChI is InChI=1S/C25H25N5O4/c1-34-19-11-9-18(10-12-19)30-23-20(22(27-30)24(26)32)13-15-29(25(23)33)17-7-5-16(6-8-17)28-14-3-2-4-21(28)31/h5-12H,2-4,13-15H2,1H3,(H2,26,32)/i9D,10D,11D,12D. The molecule has 2 aromatic carbocycles. The smallest absolute Gasteiger partial charge is 0.277 e. The predicted molar refractivity (Wildman–Crippen MR) is 127 cm³/mol. The van der Waals surface area contributed by atoms with Crippen molar-refractivity contribution in [3.05, 3.63) is 65.4 Å². The van der Waals surface area contributed by atoms with E-state index in [0.29, 0.717) is 18.7 Å². The maximum Gasteiger partial charge on any atom is 0.277 e. The maximum absolute atomic E-state index is 13.8. The van der Waals surface area contributed by atoms with Crippen LogP contribution in [0.1, 0.15) is 51.3 Å². The molecule has 0 atom stereocenters. The number of nitrogens with zero attached hydrogens (tertiary/aromatic N) is 4. The second kappa shape index (κ2) is 8.66. The molecule has 9 nitrogen and oxygen atoms in total. The van der Waals surface area contributed by atoms with E-state index in [2.05, 4.69) is 5.10 Å². The third kappa shape index (κ3) is 3.68. The first-order chi connectivity index (χ1) is 18.1. The van der Waals surface area contributed by atoms with Crippen molar-refractivity contribution in [3.63, 3.8) is 0 Å². The molecule has 5 rings (SSSR count). The van der Waals surface area contributed by atoms with Crippen molar-refractivity contribution in [1.82, 2.24) is 9.78 Å². The molecule has 0 radical (unpaired) electrons. The highest BCUT2D eigenvalue weighted by Gasteiger charge is 2.34. The van der Waals surface area contributed by atoms with Crippen molar-refractivity contribution in [2.45, 2.75) is 25.7 Å². The average molecular weight is 464 g/mol. The number of aromatic nitrogens is 2. The minimum atomic E-state index is -0.874. The summed E-state index contributed by atoms with van der Waals surface area (Å²) in [5.41, 5.74) is 6.59. The molecule has 2 N–H and O–H groups in total. The van der Waals surface area contributed by atoms with Crippen molar-refractivity contribution in [3.8, 4) is 11.4 Å². The Morgan fingerprint density at radius 2 is 1.65 bits per heavy atom. The van der Waals surface area contributed by atoms with E-state index in [4.69, 9.17) is 16.0 Å². The Balaban J connectivity index is 1.59. The first-order valence-electron chi connectivity index (χ1n) is 12.9. The van der Waals surface area contributed by atoms with Gasteiger partial charge < -0.3 is 20.3 Å². The van der Waals surface area contributed by atoms with Crippen molar-refractivity contribution < 1.29 is 24.6 Å². The van der Waals surface area contributed by atoms with Crippen LogP contribution in [0.4, 0.5) is 11.4 Å². The lowest BCUT2D eigenvalue weighted by Crippen LogP contribution is -2.39. The van der Waals surface area contributed by atoms with Gasteiger partial charge in [-0.05, 0) is 67.7 Å². The summed E-state index contributed by atoms with van der Waals surface area (Å²) in [6.45, 7) is 0.860. The molecule has 0 bridgehead atoms. The largest absolute Gasteiger partial charge is 0.497 e. The predicted octanol–water partition coefficient (Wildman–Crippen LogP) is 2.70. The van der Waals surface area contributed by atoms with Crippen molar-refractivity contribution in [1.29, 1.82) is 0 Å². The summed E-state index contributed by atoms with van der Waals surface area (Å²) in [7, 11) is 1.23. The zero-order valence-electron chi connectivity index (χ0n) is 22.6. The van der Waals surface area contributed by atoms with Crippen LogP contribution in [-0.2, 0) is 11.2 Å². The molecule has 0 aliphatic carbocycles. The molecule has 2 aliphatic rings. The van der Waals surface area contributed by atoms with E-state index in [1.807, 2.05) is 0 Å². The third-order valence-corrected chi connectivity index (χ3v) is 6.05. The van der Waals surface area contributed by atoms with Gasteiger partial charge in [-0.25, -0.2) is 4.68 Å². The van der Waals surface area contributed by atoms with Crippen molar-refractivity contribution >= 4 is 29.1 Å². The number of anilines is 2.